The van der Waals surface area contributed by atoms with Gasteiger partial charge in [-0.25, -0.2) is 8.42 Å². The van der Waals surface area contributed by atoms with Crippen molar-refractivity contribution in [2.24, 2.45) is 0 Å². The Morgan fingerprint density at radius 2 is 1.75 bits per heavy atom. The molecule has 0 aliphatic carbocycles. The SMILES string of the molecule is Cc1occc1C(=O)NNC(=O)C(C)NS(=O)(=O)c1ccccc1C(F)(F)F. The number of sulfonamides is 1. The average molecular weight is 419 g/mol. The topological polar surface area (TPSA) is 118 Å². The number of carbonyl (C=O) groups is 2. The van der Waals surface area contributed by atoms with Crippen LogP contribution < -0.4 is 15.6 Å². The first-order valence-electron chi connectivity index (χ1n) is 7.76. The number of amides is 2. The van der Waals surface area contributed by atoms with Gasteiger partial charge in [0.25, 0.3) is 11.8 Å². The molecule has 2 aromatic rings. The lowest BCUT2D eigenvalue weighted by Crippen LogP contribution is -2.51. The molecule has 28 heavy (non-hydrogen) atoms. The second-order valence-corrected chi connectivity index (χ2v) is 7.35. The van der Waals surface area contributed by atoms with E-state index in [0.717, 1.165) is 25.1 Å². The highest BCUT2D eigenvalue weighted by atomic mass is 32.2. The highest BCUT2D eigenvalue weighted by Crippen LogP contribution is 2.33. The molecule has 0 aliphatic heterocycles. The monoisotopic (exact) mass is 419 g/mol. The van der Waals surface area contributed by atoms with Crippen LogP contribution in [0.2, 0.25) is 0 Å². The molecule has 2 rings (SSSR count). The van der Waals surface area contributed by atoms with E-state index < -0.39 is 44.5 Å². The number of carbonyl (C=O) groups excluding carboxylic acids is 2. The summed E-state index contributed by atoms with van der Waals surface area (Å²) in [5.41, 5.74) is 2.83. The lowest BCUT2D eigenvalue weighted by molar-refractivity contribution is -0.139. The van der Waals surface area contributed by atoms with Crippen LogP contribution in [0.1, 0.15) is 28.6 Å². The van der Waals surface area contributed by atoms with Crippen LogP contribution in [0, 0.1) is 6.92 Å². The Bertz CT molecular complexity index is 985. The predicted octanol–water partition coefficient (Wildman–Crippen LogP) is 1.73. The standard InChI is InChI=1S/C16H16F3N3O5S/c1-9(14(23)20-21-15(24)11-7-8-27-10(11)2)22-28(25,26)13-6-4-3-5-12(13)16(17,18)19/h3-9,22H,1-2H3,(H,20,23)(H,21,24). The fourth-order valence-electron chi connectivity index (χ4n) is 2.20. The van der Waals surface area contributed by atoms with E-state index >= 15 is 0 Å². The van der Waals surface area contributed by atoms with Gasteiger partial charge in [-0.3, -0.25) is 20.4 Å². The Morgan fingerprint density at radius 3 is 2.32 bits per heavy atom. The first-order valence-corrected chi connectivity index (χ1v) is 9.24. The Hall–Kier alpha value is -2.86. The molecular formula is C16H16F3N3O5S. The first-order chi connectivity index (χ1) is 12.9. The van der Waals surface area contributed by atoms with E-state index in [1.165, 1.54) is 19.3 Å². The van der Waals surface area contributed by atoms with Crippen molar-refractivity contribution in [2.45, 2.75) is 31.0 Å². The second-order valence-electron chi connectivity index (χ2n) is 5.67. The highest BCUT2D eigenvalue weighted by Gasteiger charge is 2.37. The molecule has 1 aromatic heterocycles. The molecule has 0 saturated carbocycles. The minimum atomic E-state index is -4.90. The van der Waals surface area contributed by atoms with Crippen LogP contribution in [-0.2, 0) is 21.0 Å². The largest absolute Gasteiger partial charge is 0.469 e. The summed E-state index contributed by atoms with van der Waals surface area (Å²) in [6, 6.07) is 3.45. The highest BCUT2D eigenvalue weighted by molar-refractivity contribution is 7.89. The van der Waals surface area contributed by atoms with Gasteiger partial charge in [-0.2, -0.15) is 17.9 Å². The molecule has 2 amide bonds. The maximum absolute atomic E-state index is 13.0. The maximum Gasteiger partial charge on any atom is 0.417 e. The number of halogens is 3. The van der Waals surface area contributed by atoms with Gasteiger partial charge < -0.3 is 4.42 Å². The molecule has 1 aromatic carbocycles. The molecule has 0 saturated heterocycles. The molecule has 8 nitrogen and oxygen atoms in total. The number of nitrogens with one attached hydrogen (secondary N) is 3. The molecular weight excluding hydrogens is 403 g/mol. The van der Waals surface area contributed by atoms with E-state index in [2.05, 4.69) is 5.43 Å². The number of alkyl halides is 3. The molecule has 0 fully saturated rings. The third kappa shape index (κ3) is 4.89. The van der Waals surface area contributed by atoms with E-state index in [1.807, 2.05) is 10.1 Å². The van der Waals surface area contributed by atoms with E-state index in [9.17, 15) is 31.2 Å². The lowest BCUT2D eigenvalue weighted by atomic mass is 10.2. The van der Waals surface area contributed by atoms with Crippen LogP contribution >= 0.6 is 0 Å². The van der Waals surface area contributed by atoms with Crippen molar-refractivity contribution in [3.63, 3.8) is 0 Å². The van der Waals surface area contributed by atoms with Gasteiger partial charge in [-0.15, -0.1) is 0 Å². The summed E-state index contributed by atoms with van der Waals surface area (Å²) < 4.78 is 70.4. The molecule has 152 valence electrons. The first kappa shape index (κ1) is 21.4. The predicted molar refractivity (Wildman–Crippen MR) is 90.3 cm³/mol. The Balaban J connectivity index is 2.07. The van der Waals surface area contributed by atoms with Gasteiger partial charge in [0.05, 0.1) is 28.3 Å². The van der Waals surface area contributed by atoms with Crippen LogP contribution in [0.3, 0.4) is 0 Å². The van der Waals surface area contributed by atoms with E-state index in [1.54, 1.807) is 0 Å². The van der Waals surface area contributed by atoms with Crippen molar-refractivity contribution in [3.8, 4) is 0 Å². The van der Waals surface area contributed by atoms with Crippen LogP contribution in [-0.4, -0.2) is 26.3 Å². The van der Waals surface area contributed by atoms with Crippen molar-refractivity contribution in [1.82, 2.24) is 15.6 Å². The number of aryl methyl sites for hydroxylation is 1. The zero-order valence-corrected chi connectivity index (χ0v) is 15.4. The van der Waals surface area contributed by atoms with Crippen molar-refractivity contribution in [2.75, 3.05) is 0 Å². The summed E-state index contributed by atoms with van der Waals surface area (Å²) in [7, 11) is -4.67. The van der Waals surface area contributed by atoms with Crippen molar-refractivity contribution in [1.29, 1.82) is 0 Å². The fraction of sp³-hybridized carbons (Fsp3) is 0.250. The Labute approximate surface area is 158 Å². The smallest absolute Gasteiger partial charge is 0.417 e. The van der Waals surface area contributed by atoms with Gasteiger partial charge in [-0.1, -0.05) is 12.1 Å². The molecule has 0 aliphatic rings. The van der Waals surface area contributed by atoms with Gasteiger partial charge in [0.2, 0.25) is 10.0 Å². The number of rotatable bonds is 5. The van der Waals surface area contributed by atoms with Gasteiger partial charge in [0.15, 0.2) is 0 Å². The maximum atomic E-state index is 13.0. The summed E-state index contributed by atoms with van der Waals surface area (Å²) in [5, 5.41) is 0. The quantitative estimate of drug-likeness (QED) is 0.638. The van der Waals surface area contributed by atoms with Gasteiger partial charge >= 0.3 is 6.18 Å². The van der Waals surface area contributed by atoms with Gasteiger partial charge in [-0.05, 0) is 32.0 Å². The van der Waals surface area contributed by atoms with Crippen molar-refractivity contribution in [3.05, 3.63) is 53.5 Å². The number of furan rings is 1. The molecule has 1 heterocycles. The van der Waals surface area contributed by atoms with E-state index in [4.69, 9.17) is 4.42 Å². The normalized spacial score (nSPS) is 13.0. The zero-order chi connectivity index (χ0) is 21.1. The third-order valence-electron chi connectivity index (χ3n) is 3.61. The van der Waals surface area contributed by atoms with Crippen LogP contribution in [0.5, 0.6) is 0 Å². The fourth-order valence-corrected chi connectivity index (χ4v) is 3.63. The minimum absolute atomic E-state index is 0.146. The van der Waals surface area contributed by atoms with Crippen molar-refractivity contribution >= 4 is 21.8 Å². The number of hydrogen-bond acceptors (Lipinski definition) is 5. The van der Waals surface area contributed by atoms with Gasteiger partial charge in [0.1, 0.15) is 5.76 Å². The zero-order valence-electron chi connectivity index (χ0n) is 14.6. The average Bonchev–Trinajstić information content (AvgIpc) is 3.04. The summed E-state index contributed by atoms with van der Waals surface area (Å²) in [6.07, 6.45) is -3.63. The summed E-state index contributed by atoms with van der Waals surface area (Å²) in [4.78, 5) is 22.8. The molecule has 0 bridgehead atoms. The molecule has 1 unspecified atom stereocenters. The van der Waals surface area contributed by atoms with Crippen LogP contribution in [0.25, 0.3) is 0 Å². The van der Waals surface area contributed by atoms with Crippen molar-refractivity contribution < 1.29 is 35.6 Å². The molecule has 12 heteroatoms. The van der Waals surface area contributed by atoms with E-state index in [0.29, 0.717) is 11.8 Å². The minimum Gasteiger partial charge on any atom is -0.469 e. The molecule has 0 spiro atoms. The van der Waals surface area contributed by atoms with Gasteiger partial charge in [0, 0.05) is 0 Å². The number of hydrogen-bond donors (Lipinski definition) is 3. The molecule has 0 radical (unpaired) electrons. The Morgan fingerprint density at radius 1 is 1.11 bits per heavy atom. The summed E-state index contributed by atoms with van der Waals surface area (Å²) in [6.45, 7) is 2.63. The van der Waals surface area contributed by atoms with Crippen LogP contribution in [0.4, 0.5) is 13.2 Å². The molecule has 1 atom stereocenters. The number of hydrazine groups is 1. The van der Waals surface area contributed by atoms with Crippen LogP contribution in [0.15, 0.2) is 45.9 Å². The Kier molecular flexibility index (Phi) is 6.14. The number of benzene rings is 1. The van der Waals surface area contributed by atoms with E-state index in [-0.39, 0.29) is 5.56 Å². The second kappa shape index (κ2) is 8.02. The summed E-state index contributed by atoms with van der Waals surface area (Å²) >= 11 is 0. The molecule has 3 N–H and O–H groups in total. The lowest BCUT2D eigenvalue weighted by Gasteiger charge is -2.17. The third-order valence-corrected chi connectivity index (χ3v) is 5.21. The summed E-state index contributed by atoms with van der Waals surface area (Å²) in [5.74, 6) is -1.40.